The molecule has 1 amide bonds. The number of hydrogen-bond acceptors (Lipinski definition) is 4. The van der Waals surface area contributed by atoms with Crippen LogP contribution in [0.15, 0.2) is 18.3 Å². The van der Waals surface area contributed by atoms with Crippen LogP contribution in [0.1, 0.15) is 23.2 Å². The molecule has 25 heavy (non-hydrogen) atoms. The highest BCUT2D eigenvalue weighted by atomic mass is 19.3. The molecule has 1 aliphatic rings. The third-order valence-electron chi connectivity index (χ3n) is 3.85. The number of pyridine rings is 1. The van der Waals surface area contributed by atoms with E-state index >= 15 is 0 Å². The van der Waals surface area contributed by atoms with Crippen LogP contribution in [0.5, 0.6) is 5.88 Å². The molecular formula is C15H16F4N2O4. The number of piperidine rings is 1. The molecular weight excluding hydrogens is 348 g/mol. The number of halogens is 4. The van der Waals surface area contributed by atoms with Gasteiger partial charge in [0.2, 0.25) is 5.88 Å². The summed E-state index contributed by atoms with van der Waals surface area (Å²) in [5.74, 6) is -6.34. The van der Waals surface area contributed by atoms with Crippen LogP contribution in [0.2, 0.25) is 0 Å². The summed E-state index contributed by atoms with van der Waals surface area (Å²) >= 11 is 0. The normalized spacial score (nSPS) is 16.1. The lowest BCUT2D eigenvalue weighted by atomic mass is 9.97. The number of carbonyl (C=O) groups excluding carboxylic acids is 1. The number of ether oxygens (including phenoxy) is 1. The number of alkyl halides is 4. The molecule has 138 valence electrons. The summed E-state index contributed by atoms with van der Waals surface area (Å²) in [6.45, 7) is -0.947. The number of aliphatic carboxylic acids is 1. The molecule has 0 unspecified atom stereocenters. The fourth-order valence-corrected chi connectivity index (χ4v) is 2.34. The first-order valence-electron chi connectivity index (χ1n) is 7.47. The molecule has 0 aliphatic carbocycles. The van der Waals surface area contributed by atoms with Gasteiger partial charge in [0.1, 0.15) is 0 Å². The van der Waals surface area contributed by atoms with Gasteiger partial charge in [-0.2, -0.15) is 8.78 Å². The van der Waals surface area contributed by atoms with E-state index in [0.717, 1.165) is 12.3 Å². The van der Waals surface area contributed by atoms with Crippen LogP contribution >= 0.6 is 0 Å². The lowest BCUT2D eigenvalue weighted by Gasteiger charge is -2.30. The molecule has 1 aromatic heterocycles. The first-order valence-corrected chi connectivity index (χ1v) is 7.47. The van der Waals surface area contributed by atoms with Gasteiger partial charge in [0.15, 0.2) is 6.61 Å². The Kier molecular flexibility index (Phi) is 5.81. The van der Waals surface area contributed by atoms with Gasteiger partial charge in [0, 0.05) is 25.4 Å². The molecule has 10 heteroatoms. The number of amides is 1. The molecule has 0 atom stereocenters. The van der Waals surface area contributed by atoms with Crippen molar-refractivity contribution < 1.29 is 37.0 Å². The SMILES string of the molecule is O=C(O)C1CCN(C(=O)c2ccc(OCC(F)(F)C(F)F)nc2)CC1. The second kappa shape index (κ2) is 7.66. The summed E-state index contributed by atoms with van der Waals surface area (Å²) in [6.07, 6.45) is -2.06. The highest BCUT2D eigenvalue weighted by molar-refractivity contribution is 5.94. The highest BCUT2D eigenvalue weighted by Crippen LogP contribution is 2.24. The quantitative estimate of drug-likeness (QED) is 0.784. The number of carboxylic acid groups (broad SMARTS) is 1. The van der Waals surface area contributed by atoms with Crippen molar-refractivity contribution in [1.82, 2.24) is 9.88 Å². The molecule has 1 aliphatic heterocycles. The van der Waals surface area contributed by atoms with Crippen molar-refractivity contribution >= 4 is 11.9 Å². The van der Waals surface area contributed by atoms with Gasteiger partial charge in [0.25, 0.3) is 5.91 Å². The molecule has 1 N–H and O–H groups in total. The first kappa shape index (κ1) is 18.9. The molecule has 1 fully saturated rings. The molecule has 2 rings (SSSR count). The number of likely N-dealkylation sites (tertiary alicyclic amines) is 1. The highest BCUT2D eigenvalue weighted by Gasteiger charge is 2.41. The van der Waals surface area contributed by atoms with Gasteiger partial charge in [-0.15, -0.1) is 0 Å². The lowest BCUT2D eigenvalue weighted by molar-refractivity contribution is -0.148. The zero-order valence-electron chi connectivity index (χ0n) is 13.0. The molecule has 6 nitrogen and oxygen atoms in total. The van der Waals surface area contributed by atoms with Crippen molar-refractivity contribution in [2.24, 2.45) is 5.92 Å². The van der Waals surface area contributed by atoms with Gasteiger partial charge in [-0.1, -0.05) is 0 Å². The van der Waals surface area contributed by atoms with E-state index < -0.39 is 30.8 Å². The summed E-state index contributed by atoms with van der Waals surface area (Å²) in [4.78, 5) is 28.3. The minimum absolute atomic E-state index is 0.168. The van der Waals surface area contributed by atoms with Gasteiger partial charge < -0.3 is 14.7 Å². The van der Waals surface area contributed by atoms with Crippen molar-refractivity contribution in [2.45, 2.75) is 25.2 Å². The topological polar surface area (TPSA) is 79.7 Å². The van der Waals surface area contributed by atoms with E-state index in [9.17, 15) is 27.2 Å². The molecule has 0 radical (unpaired) electrons. The smallest absolute Gasteiger partial charge is 0.340 e. The van der Waals surface area contributed by atoms with E-state index in [0.29, 0.717) is 12.8 Å². The maximum absolute atomic E-state index is 12.8. The summed E-state index contributed by atoms with van der Waals surface area (Å²) in [6, 6.07) is 2.42. The minimum atomic E-state index is -4.29. The summed E-state index contributed by atoms with van der Waals surface area (Å²) in [5.41, 5.74) is 0.168. The van der Waals surface area contributed by atoms with Crippen molar-refractivity contribution in [3.8, 4) is 5.88 Å². The third kappa shape index (κ3) is 4.80. The molecule has 1 saturated heterocycles. The van der Waals surface area contributed by atoms with E-state index in [1.807, 2.05) is 0 Å². The molecule has 0 bridgehead atoms. The fourth-order valence-electron chi connectivity index (χ4n) is 2.34. The van der Waals surface area contributed by atoms with Crippen LogP contribution in [0.4, 0.5) is 17.6 Å². The number of carbonyl (C=O) groups is 2. The van der Waals surface area contributed by atoms with E-state index in [1.165, 1.54) is 11.0 Å². The number of nitrogens with zero attached hydrogens (tertiary/aromatic N) is 2. The van der Waals surface area contributed by atoms with Crippen LogP contribution in [0.3, 0.4) is 0 Å². The number of rotatable bonds is 6. The van der Waals surface area contributed by atoms with Crippen LogP contribution in [-0.2, 0) is 4.79 Å². The second-order valence-electron chi connectivity index (χ2n) is 5.64. The Bertz CT molecular complexity index is 616. The van der Waals surface area contributed by atoms with Crippen molar-refractivity contribution in [2.75, 3.05) is 19.7 Å². The van der Waals surface area contributed by atoms with Gasteiger partial charge >= 0.3 is 18.3 Å². The Morgan fingerprint density at radius 1 is 1.32 bits per heavy atom. The molecule has 0 spiro atoms. The Morgan fingerprint density at radius 2 is 1.96 bits per heavy atom. The first-order chi connectivity index (χ1) is 11.7. The number of aromatic nitrogens is 1. The van der Waals surface area contributed by atoms with Gasteiger partial charge in [-0.3, -0.25) is 9.59 Å². The van der Waals surface area contributed by atoms with Crippen molar-refractivity contribution in [1.29, 1.82) is 0 Å². The van der Waals surface area contributed by atoms with Gasteiger partial charge in [0.05, 0.1) is 11.5 Å². The molecule has 1 aromatic rings. The summed E-state index contributed by atoms with van der Waals surface area (Å²) in [5, 5.41) is 8.93. The van der Waals surface area contributed by atoms with Crippen LogP contribution in [0, 0.1) is 5.92 Å². The zero-order chi connectivity index (χ0) is 18.6. The van der Waals surface area contributed by atoms with Crippen LogP contribution in [0.25, 0.3) is 0 Å². The largest absolute Gasteiger partial charge is 0.481 e. The van der Waals surface area contributed by atoms with E-state index in [4.69, 9.17) is 5.11 Å². The molecule has 0 saturated carbocycles. The Morgan fingerprint density at radius 3 is 2.44 bits per heavy atom. The van der Waals surface area contributed by atoms with E-state index in [-0.39, 0.29) is 30.4 Å². The standard InChI is InChI=1S/C15H16F4N2O4/c16-14(17)15(18,19)8-25-11-2-1-10(7-20-11)12(22)21-5-3-9(4-6-21)13(23)24/h1-2,7,9,14H,3-6,8H2,(H,23,24). The number of hydrogen-bond donors (Lipinski definition) is 1. The Balaban J connectivity index is 1.91. The summed E-state index contributed by atoms with van der Waals surface area (Å²) in [7, 11) is 0. The fraction of sp³-hybridized carbons (Fsp3) is 0.533. The lowest BCUT2D eigenvalue weighted by Crippen LogP contribution is -2.40. The Labute approximate surface area is 140 Å². The average Bonchev–Trinajstić information content (AvgIpc) is 2.60. The van der Waals surface area contributed by atoms with E-state index in [2.05, 4.69) is 9.72 Å². The summed E-state index contributed by atoms with van der Waals surface area (Å²) < 4.78 is 54.1. The third-order valence-corrected chi connectivity index (χ3v) is 3.85. The predicted molar refractivity (Wildman–Crippen MR) is 76.9 cm³/mol. The average molecular weight is 364 g/mol. The maximum atomic E-state index is 12.8. The van der Waals surface area contributed by atoms with Crippen LogP contribution in [-0.4, -0.2) is 58.9 Å². The molecule has 2 heterocycles. The van der Waals surface area contributed by atoms with Gasteiger partial charge in [-0.05, 0) is 18.9 Å². The van der Waals surface area contributed by atoms with E-state index in [1.54, 1.807) is 0 Å². The van der Waals surface area contributed by atoms with Crippen molar-refractivity contribution in [3.05, 3.63) is 23.9 Å². The van der Waals surface area contributed by atoms with Crippen LogP contribution < -0.4 is 4.74 Å². The minimum Gasteiger partial charge on any atom is -0.481 e. The second-order valence-corrected chi connectivity index (χ2v) is 5.64. The van der Waals surface area contributed by atoms with Gasteiger partial charge in [-0.25, -0.2) is 13.8 Å². The van der Waals surface area contributed by atoms with Crippen molar-refractivity contribution in [3.63, 3.8) is 0 Å². The Hall–Kier alpha value is -2.39. The maximum Gasteiger partial charge on any atom is 0.340 e. The molecule has 0 aromatic carbocycles. The monoisotopic (exact) mass is 364 g/mol. The number of carboxylic acids is 1. The predicted octanol–water partition coefficient (Wildman–Crippen LogP) is 2.30. The zero-order valence-corrected chi connectivity index (χ0v) is 13.0.